The van der Waals surface area contributed by atoms with Crippen LogP contribution in [0.15, 0.2) is 0 Å². The van der Waals surface area contributed by atoms with Crippen molar-refractivity contribution >= 4 is 67.1 Å². The van der Waals surface area contributed by atoms with Gasteiger partial charge < -0.3 is 13.8 Å². The Bertz CT molecular complexity index is 206. The van der Waals surface area contributed by atoms with Crippen molar-refractivity contribution in [3.63, 3.8) is 0 Å². The molecule has 0 heterocycles. The quantitative estimate of drug-likeness (QED) is 0.270. The van der Waals surface area contributed by atoms with Crippen molar-refractivity contribution in [2.75, 3.05) is 34.1 Å². The van der Waals surface area contributed by atoms with Crippen molar-refractivity contribution in [1.82, 2.24) is 4.90 Å². The molecule has 9 heteroatoms. The predicted octanol–water partition coefficient (Wildman–Crippen LogP) is 3.41. The number of rotatable bonds is 9. The molecule has 0 aromatic rings. The molecule has 0 saturated carbocycles. The maximum Gasteiger partial charge on any atom is 0.320 e. The fourth-order valence-corrected chi connectivity index (χ4v) is 8.62. The molecule has 0 aliphatic heterocycles. The average Bonchev–Trinajstić information content (AvgIpc) is 2.32. The largest absolute Gasteiger partial charge is 0.400 e. The van der Waals surface area contributed by atoms with E-state index in [2.05, 4.69) is 0 Å². The van der Waals surface area contributed by atoms with Crippen molar-refractivity contribution in [3.05, 3.63) is 0 Å². The first-order valence-electron chi connectivity index (χ1n) is 5.01. The van der Waals surface area contributed by atoms with E-state index in [0.717, 1.165) is 22.5 Å². The normalized spacial score (nSPS) is 10.9. The summed E-state index contributed by atoms with van der Waals surface area (Å²) >= 11 is 5.16. The second kappa shape index (κ2) is 12.5. The second-order valence-electron chi connectivity index (χ2n) is 3.24. The molecule has 102 valence electrons. The van der Waals surface area contributed by atoms with Crippen LogP contribution in [0.25, 0.3) is 0 Å². The Balaban J connectivity index is 3.27. The van der Waals surface area contributed by atoms with E-state index in [1.165, 1.54) is 0 Å². The minimum absolute atomic E-state index is 0.911. The zero-order valence-corrected chi connectivity index (χ0v) is 15.7. The molecule has 0 amide bonds. The maximum atomic E-state index is 5.25. The summed E-state index contributed by atoms with van der Waals surface area (Å²) < 4.78 is 11.4. The lowest BCUT2D eigenvalue weighted by atomic mass is 10.6. The third-order valence-corrected chi connectivity index (χ3v) is 10.9. The molecule has 0 unspecified atom stereocenters. The van der Waals surface area contributed by atoms with Gasteiger partial charge in [-0.2, -0.15) is 0 Å². The highest BCUT2D eigenvalue weighted by Gasteiger charge is 2.08. The van der Waals surface area contributed by atoms with E-state index in [0.29, 0.717) is 0 Å². The highest BCUT2D eigenvalue weighted by Crippen LogP contribution is 2.44. The average molecular weight is 350 g/mol. The van der Waals surface area contributed by atoms with E-state index in [1.807, 2.05) is 29.8 Å². The third kappa shape index (κ3) is 11.0. The van der Waals surface area contributed by atoms with Gasteiger partial charge in [-0.25, -0.2) is 0 Å². The van der Waals surface area contributed by atoms with Crippen molar-refractivity contribution in [1.29, 1.82) is 0 Å². The minimum Gasteiger partial charge on any atom is -0.400 e. The van der Waals surface area contributed by atoms with Crippen molar-refractivity contribution < 1.29 is 8.85 Å². The van der Waals surface area contributed by atoms with Crippen molar-refractivity contribution in [2.45, 2.75) is 12.5 Å². The summed E-state index contributed by atoms with van der Waals surface area (Å²) in [6.45, 7) is 0. The zero-order chi connectivity index (χ0) is 13.1. The smallest absolute Gasteiger partial charge is 0.320 e. The Morgan fingerprint density at radius 3 is 2.41 bits per heavy atom. The van der Waals surface area contributed by atoms with Gasteiger partial charge in [0.1, 0.15) is 4.32 Å². The maximum absolute atomic E-state index is 5.25. The fraction of sp³-hybridized carbons (Fsp3) is 0.875. The molecule has 0 atom stereocenters. The molecule has 17 heavy (non-hydrogen) atoms. The van der Waals surface area contributed by atoms with Gasteiger partial charge in [0.15, 0.2) is 0 Å². The minimum atomic E-state index is -1.34. The van der Waals surface area contributed by atoms with E-state index in [9.17, 15) is 0 Å². The van der Waals surface area contributed by atoms with E-state index >= 15 is 0 Å². The van der Waals surface area contributed by atoms with E-state index in [1.54, 1.807) is 44.7 Å². The van der Waals surface area contributed by atoms with Gasteiger partial charge >= 0.3 is 9.28 Å². The van der Waals surface area contributed by atoms with Crippen LogP contribution in [-0.2, 0) is 8.85 Å². The van der Waals surface area contributed by atoms with Gasteiger partial charge in [0.05, 0.1) is 0 Å². The van der Waals surface area contributed by atoms with Crippen LogP contribution >= 0.6 is 53.5 Å². The van der Waals surface area contributed by atoms with Gasteiger partial charge in [0.2, 0.25) is 0 Å². The van der Waals surface area contributed by atoms with Crippen LogP contribution in [0.5, 0.6) is 0 Å². The SMILES string of the molecule is CO[SiH](CCCSSSSC(=S)N(C)C)OC. The van der Waals surface area contributed by atoms with Crippen LogP contribution in [0.1, 0.15) is 6.42 Å². The first-order chi connectivity index (χ1) is 8.11. The third-order valence-electron chi connectivity index (χ3n) is 1.74. The molecule has 0 aliphatic rings. The first kappa shape index (κ1) is 18.4. The number of nitrogens with zero attached hydrogens (tertiary/aromatic N) is 1. The molecule has 0 fully saturated rings. The van der Waals surface area contributed by atoms with E-state index < -0.39 is 9.28 Å². The van der Waals surface area contributed by atoms with Crippen LogP contribution in [-0.4, -0.2) is 52.6 Å². The molecule has 0 aliphatic carbocycles. The van der Waals surface area contributed by atoms with Crippen LogP contribution in [0.3, 0.4) is 0 Å². The summed E-state index contributed by atoms with van der Waals surface area (Å²) in [5, 5.41) is 0. The van der Waals surface area contributed by atoms with E-state index in [-0.39, 0.29) is 0 Å². The molecule has 0 bridgehead atoms. The van der Waals surface area contributed by atoms with Crippen LogP contribution in [0, 0.1) is 0 Å². The van der Waals surface area contributed by atoms with Crippen LogP contribution < -0.4 is 0 Å². The van der Waals surface area contributed by atoms with Gasteiger partial charge in [-0.3, -0.25) is 0 Å². The summed E-state index contributed by atoms with van der Waals surface area (Å²) in [7, 11) is 13.1. The van der Waals surface area contributed by atoms with Gasteiger partial charge in [0.25, 0.3) is 0 Å². The fourth-order valence-electron chi connectivity index (χ4n) is 0.812. The summed E-state index contributed by atoms with van der Waals surface area (Å²) in [5.74, 6) is 1.13. The highest BCUT2D eigenvalue weighted by atomic mass is 33.7. The zero-order valence-electron chi connectivity index (χ0n) is 10.5. The van der Waals surface area contributed by atoms with Crippen LogP contribution in [0.2, 0.25) is 6.04 Å². The summed E-state index contributed by atoms with van der Waals surface area (Å²) in [6, 6.07) is 1.08. The predicted molar refractivity (Wildman–Crippen MR) is 92.1 cm³/mol. The molecule has 0 aromatic carbocycles. The molecule has 0 rings (SSSR count). The summed E-state index contributed by atoms with van der Waals surface area (Å²) in [5.41, 5.74) is 0. The summed E-state index contributed by atoms with van der Waals surface area (Å²) in [6.07, 6.45) is 1.15. The highest BCUT2D eigenvalue weighted by molar-refractivity contribution is 9.27. The van der Waals surface area contributed by atoms with Gasteiger partial charge in [0, 0.05) is 34.1 Å². The molecule has 3 nitrogen and oxygen atoms in total. The second-order valence-corrected chi connectivity index (χ2v) is 12.2. The monoisotopic (exact) mass is 349 g/mol. The molecule has 0 radical (unpaired) electrons. The summed E-state index contributed by atoms with van der Waals surface area (Å²) in [4.78, 5) is 1.95. The van der Waals surface area contributed by atoms with Crippen molar-refractivity contribution in [2.24, 2.45) is 0 Å². The van der Waals surface area contributed by atoms with Crippen LogP contribution in [0.4, 0.5) is 0 Å². The lowest BCUT2D eigenvalue weighted by Gasteiger charge is -2.11. The molecule has 0 saturated heterocycles. The lowest BCUT2D eigenvalue weighted by molar-refractivity contribution is 0.277. The number of hydrogen-bond donors (Lipinski definition) is 0. The van der Waals surface area contributed by atoms with E-state index in [4.69, 9.17) is 21.1 Å². The topological polar surface area (TPSA) is 21.7 Å². The Kier molecular flexibility index (Phi) is 13.5. The van der Waals surface area contributed by atoms with Gasteiger partial charge in [-0.15, -0.1) is 0 Å². The van der Waals surface area contributed by atoms with Gasteiger partial charge in [-0.05, 0) is 42.9 Å². The Hall–Kier alpha value is 1.43. The molecule has 0 spiro atoms. The van der Waals surface area contributed by atoms with Crippen molar-refractivity contribution in [3.8, 4) is 0 Å². The molecular weight excluding hydrogens is 331 g/mol. The number of hydrogen-bond acceptors (Lipinski definition) is 7. The Morgan fingerprint density at radius 1 is 1.24 bits per heavy atom. The Morgan fingerprint density at radius 2 is 1.88 bits per heavy atom. The molecule has 0 aromatic heterocycles. The van der Waals surface area contributed by atoms with Gasteiger partial charge in [-0.1, -0.05) is 23.0 Å². The molecular formula is C8H19NO2S5Si. The first-order valence-corrected chi connectivity index (χ1v) is 12.2. The molecule has 0 N–H and O–H groups in total. The Labute approximate surface area is 127 Å². The lowest BCUT2D eigenvalue weighted by Crippen LogP contribution is -2.18. The number of thiocarbonyl (C=S) groups is 1. The standard InChI is InChI=1S/C8H19NO2S5Si/c1-9(2)8(12)14-16-15-13-6-5-7-17(10-3)11-4/h17H,5-7H2,1-4H3.